The molecule has 0 aliphatic carbocycles. The lowest BCUT2D eigenvalue weighted by atomic mass is 9.83. The predicted molar refractivity (Wildman–Crippen MR) is 109 cm³/mol. The highest BCUT2D eigenvalue weighted by molar-refractivity contribution is 5.74. The monoisotopic (exact) mass is 336 g/mol. The molecular formula is C23H44O. The summed E-state index contributed by atoms with van der Waals surface area (Å²) < 4.78 is 0. The van der Waals surface area contributed by atoms with Crippen molar-refractivity contribution in [3.63, 3.8) is 0 Å². The van der Waals surface area contributed by atoms with Crippen LogP contribution in [0.5, 0.6) is 0 Å². The van der Waals surface area contributed by atoms with Crippen LogP contribution < -0.4 is 0 Å². The molecule has 1 heteroatoms. The molecule has 0 aromatic heterocycles. The van der Waals surface area contributed by atoms with E-state index in [0.717, 1.165) is 18.3 Å². The number of allylic oxidation sites excluding steroid dienone is 2. The van der Waals surface area contributed by atoms with Crippen LogP contribution in [0.25, 0.3) is 0 Å². The van der Waals surface area contributed by atoms with E-state index in [-0.39, 0.29) is 5.41 Å². The van der Waals surface area contributed by atoms with E-state index in [1.165, 1.54) is 89.0 Å². The Labute approximate surface area is 152 Å². The fourth-order valence-electron chi connectivity index (χ4n) is 3.15. The molecule has 0 heterocycles. The van der Waals surface area contributed by atoms with Gasteiger partial charge in [0.1, 0.15) is 6.29 Å². The molecule has 24 heavy (non-hydrogen) atoms. The lowest BCUT2D eigenvalue weighted by molar-refractivity contribution is -0.105. The smallest absolute Gasteiger partial charge is 0.145 e. The number of carbonyl (C=O) groups is 1. The Morgan fingerprint density at radius 3 is 1.42 bits per heavy atom. The van der Waals surface area contributed by atoms with Gasteiger partial charge in [0.25, 0.3) is 0 Å². The zero-order valence-corrected chi connectivity index (χ0v) is 17.4. The lowest BCUT2D eigenvalue weighted by Crippen LogP contribution is -2.10. The van der Waals surface area contributed by atoms with Gasteiger partial charge in [-0.25, -0.2) is 0 Å². The second-order valence-electron chi connectivity index (χ2n) is 8.51. The van der Waals surface area contributed by atoms with E-state index >= 15 is 0 Å². The van der Waals surface area contributed by atoms with E-state index in [4.69, 9.17) is 0 Å². The zero-order valence-electron chi connectivity index (χ0n) is 17.4. The summed E-state index contributed by atoms with van der Waals surface area (Å²) in [5, 5.41) is 0. The molecule has 0 spiro atoms. The van der Waals surface area contributed by atoms with Gasteiger partial charge in [0.15, 0.2) is 0 Å². The molecule has 0 aromatic carbocycles. The van der Waals surface area contributed by atoms with Crippen LogP contribution in [0.2, 0.25) is 0 Å². The topological polar surface area (TPSA) is 17.1 Å². The van der Waals surface area contributed by atoms with E-state index in [0.29, 0.717) is 0 Å². The molecule has 0 saturated heterocycles. The van der Waals surface area contributed by atoms with E-state index in [9.17, 15) is 4.79 Å². The first kappa shape index (κ1) is 23.4. The van der Waals surface area contributed by atoms with Gasteiger partial charge in [-0.05, 0) is 30.8 Å². The van der Waals surface area contributed by atoms with Crippen LogP contribution in [0.4, 0.5) is 0 Å². The van der Waals surface area contributed by atoms with Crippen molar-refractivity contribution in [1.82, 2.24) is 0 Å². The number of unbranched alkanes of at least 4 members (excludes halogenated alkanes) is 12. The molecule has 0 amide bonds. The average molecular weight is 337 g/mol. The maximum absolute atomic E-state index is 11.3. The highest BCUT2D eigenvalue weighted by Gasteiger charge is 2.16. The van der Waals surface area contributed by atoms with Crippen LogP contribution in [-0.4, -0.2) is 6.29 Å². The Balaban J connectivity index is 3.52. The van der Waals surface area contributed by atoms with Crippen molar-refractivity contribution < 1.29 is 4.79 Å². The predicted octanol–water partition coefficient (Wildman–Crippen LogP) is 8.03. The Hall–Kier alpha value is -0.590. The van der Waals surface area contributed by atoms with Crippen LogP contribution >= 0.6 is 0 Å². The van der Waals surface area contributed by atoms with E-state index in [1.807, 2.05) is 0 Å². The van der Waals surface area contributed by atoms with E-state index < -0.39 is 0 Å². The minimum absolute atomic E-state index is 0.118. The summed E-state index contributed by atoms with van der Waals surface area (Å²) in [7, 11) is 0. The maximum Gasteiger partial charge on any atom is 0.145 e. The van der Waals surface area contributed by atoms with Crippen LogP contribution in [0, 0.1) is 5.41 Å². The number of carbonyl (C=O) groups excluding carboxylic acids is 1. The van der Waals surface area contributed by atoms with Gasteiger partial charge in [-0.2, -0.15) is 0 Å². The molecule has 0 aliphatic heterocycles. The van der Waals surface area contributed by atoms with Crippen molar-refractivity contribution in [2.45, 2.75) is 125 Å². The molecule has 0 rings (SSSR count). The third-order valence-corrected chi connectivity index (χ3v) is 5.30. The Morgan fingerprint density at radius 1 is 0.708 bits per heavy atom. The summed E-state index contributed by atoms with van der Waals surface area (Å²) in [5.41, 5.74) is 2.41. The number of aldehydes is 1. The molecule has 0 unspecified atom stereocenters. The second kappa shape index (κ2) is 14.7. The van der Waals surface area contributed by atoms with Gasteiger partial charge in [-0.15, -0.1) is 0 Å². The van der Waals surface area contributed by atoms with Crippen molar-refractivity contribution in [2.24, 2.45) is 5.41 Å². The summed E-state index contributed by atoms with van der Waals surface area (Å²) in [6.07, 6.45) is 19.9. The molecule has 0 radical (unpaired) electrons. The van der Waals surface area contributed by atoms with Crippen LogP contribution in [-0.2, 0) is 4.79 Å². The van der Waals surface area contributed by atoms with Crippen molar-refractivity contribution in [3.05, 3.63) is 11.1 Å². The number of rotatable bonds is 15. The Bertz CT molecular complexity index is 332. The molecule has 0 aliphatic rings. The second-order valence-corrected chi connectivity index (χ2v) is 8.51. The quantitative estimate of drug-likeness (QED) is 0.168. The van der Waals surface area contributed by atoms with E-state index in [1.54, 1.807) is 0 Å². The Kier molecular flexibility index (Phi) is 14.4. The van der Waals surface area contributed by atoms with Gasteiger partial charge in [-0.3, -0.25) is 4.79 Å². The summed E-state index contributed by atoms with van der Waals surface area (Å²) in [4.78, 5) is 11.3. The highest BCUT2D eigenvalue weighted by Crippen LogP contribution is 2.28. The summed E-state index contributed by atoms with van der Waals surface area (Å²) >= 11 is 0. The molecule has 1 nitrogen and oxygen atoms in total. The lowest BCUT2D eigenvalue weighted by Gasteiger charge is -2.22. The third-order valence-electron chi connectivity index (χ3n) is 5.30. The molecule has 0 bridgehead atoms. The molecule has 0 N–H and O–H groups in total. The molecule has 0 saturated carbocycles. The van der Waals surface area contributed by atoms with Gasteiger partial charge in [-0.1, -0.05) is 110 Å². The summed E-state index contributed by atoms with van der Waals surface area (Å²) in [6.45, 7) is 11.0. The minimum atomic E-state index is 0.118. The normalized spacial score (nSPS) is 13.0. The fourth-order valence-corrected chi connectivity index (χ4v) is 3.15. The maximum atomic E-state index is 11.3. The summed E-state index contributed by atoms with van der Waals surface area (Å²) in [5.74, 6) is 0. The van der Waals surface area contributed by atoms with Crippen molar-refractivity contribution in [3.8, 4) is 0 Å². The molecular weight excluding hydrogens is 292 g/mol. The van der Waals surface area contributed by atoms with Crippen LogP contribution in [0.3, 0.4) is 0 Å². The molecule has 0 atom stereocenters. The Morgan fingerprint density at radius 2 is 1.08 bits per heavy atom. The first-order valence-electron chi connectivity index (χ1n) is 10.6. The largest absolute Gasteiger partial charge is 0.298 e. The number of hydrogen-bond donors (Lipinski definition) is 0. The molecule has 0 fully saturated rings. The SMILES string of the molecule is CCCCCCCCCCCCCCC/C(C=O)=C(\C)C(C)(C)C. The van der Waals surface area contributed by atoms with E-state index in [2.05, 4.69) is 34.6 Å². The molecule has 142 valence electrons. The van der Waals surface area contributed by atoms with Gasteiger partial charge >= 0.3 is 0 Å². The van der Waals surface area contributed by atoms with Gasteiger partial charge in [0, 0.05) is 0 Å². The first-order valence-corrected chi connectivity index (χ1v) is 10.6. The fraction of sp³-hybridized carbons (Fsp3) is 0.870. The summed E-state index contributed by atoms with van der Waals surface area (Å²) in [6, 6.07) is 0. The van der Waals surface area contributed by atoms with Crippen molar-refractivity contribution in [1.29, 1.82) is 0 Å². The van der Waals surface area contributed by atoms with Gasteiger partial charge in [0.2, 0.25) is 0 Å². The first-order chi connectivity index (χ1) is 11.4. The van der Waals surface area contributed by atoms with Crippen LogP contribution in [0.1, 0.15) is 125 Å². The van der Waals surface area contributed by atoms with Crippen molar-refractivity contribution >= 4 is 6.29 Å². The molecule has 0 aromatic rings. The minimum Gasteiger partial charge on any atom is -0.298 e. The zero-order chi connectivity index (χ0) is 18.3. The van der Waals surface area contributed by atoms with Gasteiger partial charge in [0.05, 0.1) is 0 Å². The number of hydrogen-bond acceptors (Lipinski definition) is 1. The van der Waals surface area contributed by atoms with Gasteiger partial charge < -0.3 is 0 Å². The standard InChI is InChI=1S/C23H44O/c1-6-7-8-9-10-11-12-13-14-15-16-17-18-19-22(20-24)21(2)23(3,4)5/h20H,6-19H2,1-5H3/b22-21-. The van der Waals surface area contributed by atoms with Crippen LogP contribution in [0.15, 0.2) is 11.1 Å². The average Bonchev–Trinajstić information content (AvgIpc) is 2.54. The van der Waals surface area contributed by atoms with Crippen molar-refractivity contribution in [2.75, 3.05) is 0 Å². The third kappa shape index (κ3) is 12.8. The highest BCUT2D eigenvalue weighted by atomic mass is 16.1.